The molecule has 0 aliphatic carbocycles. The third-order valence-electron chi connectivity index (χ3n) is 2.66. The molecule has 110 valence electrons. The summed E-state index contributed by atoms with van der Waals surface area (Å²) in [6.07, 6.45) is 0.612. The average Bonchev–Trinajstić information content (AvgIpc) is 2.46. The molecule has 1 N–H and O–H groups in total. The van der Waals surface area contributed by atoms with Crippen molar-refractivity contribution in [3.8, 4) is 11.6 Å². The Morgan fingerprint density at radius 2 is 2.14 bits per heavy atom. The van der Waals surface area contributed by atoms with Gasteiger partial charge in [-0.1, -0.05) is 6.92 Å². The lowest BCUT2D eigenvalue weighted by Crippen LogP contribution is -2.01. The lowest BCUT2D eigenvalue weighted by atomic mass is 10.3. The monoisotopic (exact) mass is 292 g/mol. The fourth-order valence-corrected chi connectivity index (χ4v) is 1.63. The minimum Gasteiger partial charge on any atom is -0.439 e. The second-order valence-corrected chi connectivity index (χ2v) is 4.08. The van der Waals surface area contributed by atoms with Gasteiger partial charge in [0.2, 0.25) is 11.7 Å². The number of aromatic nitrogens is 2. The summed E-state index contributed by atoms with van der Waals surface area (Å²) < 4.78 is 19.0. The van der Waals surface area contributed by atoms with E-state index in [0.29, 0.717) is 18.1 Å². The van der Waals surface area contributed by atoms with Gasteiger partial charge in [-0.05, 0) is 6.07 Å². The Hall–Kier alpha value is -2.77. The lowest BCUT2D eigenvalue weighted by Gasteiger charge is -2.08. The molecule has 1 heterocycles. The number of hydrogen-bond acceptors (Lipinski definition) is 6. The summed E-state index contributed by atoms with van der Waals surface area (Å²) in [5.41, 5.74) is -0.602. The third-order valence-corrected chi connectivity index (χ3v) is 2.66. The highest BCUT2D eigenvalue weighted by atomic mass is 19.1. The van der Waals surface area contributed by atoms with Gasteiger partial charge < -0.3 is 10.1 Å². The molecule has 0 spiro atoms. The Morgan fingerprint density at radius 1 is 1.38 bits per heavy atom. The second-order valence-electron chi connectivity index (χ2n) is 4.08. The summed E-state index contributed by atoms with van der Waals surface area (Å²) in [7, 11) is 1.71. The second kappa shape index (κ2) is 6.12. The van der Waals surface area contributed by atoms with Gasteiger partial charge in [-0.15, -0.1) is 0 Å². The summed E-state index contributed by atoms with van der Waals surface area (Å²) in [4.78, 5) is 18.1. The minimum absolute atomic E-state index is 0.126. The van der Waals surface area contributed by atoms with E-state index in [9.17, 15) is 14.5 Å². The number of hydrogen-bond donors (Lipinski definition) is 1. The van der Waals surface area contributed by atoms with Crippen LogP contribution in [0.2, 0.25) is 0 Å². The van der Waals surface area contributed by atoms with Gasteiger partial charge in [-0.3, -0.25) is 10.1 Å². The maximum atomic E-state index is 13.5. The molecule has 0 unspecified atom stereocenters. The van der Waals surface area contributed by atoms with Gasteiger partial charge in [-0.2, -0.15) is 9.37 Å². The summed E-state index contributed by atoms with van der Waals surface area (Å²) in [6, 6.07) is 4.86. The lowest BCUT2D eigenvalue weighted by molar-refractivity contribution is -0.387. The quantitative estimate of drug-likeness (QED) is 0.673. The number of halogens is 1. The molecule has 0 radical (unpaired) electrons. The van der Waals surface area contributed by atoms with E-state index in [1.807, 2.05) is 6.92 Å². The molecule has 0 amide bonds. The first-order valence-corrected chi connectivity index (χ1v) is 6.21. The number of nitrogens with one attached hydrogen (secondary N) is 1. The fourth-order valence-electron chi connectivity index (χ4n) is 1.63. The zero-order valence-electron chi connectivity index (χ0n) is 11.5. The van der Waals surface area contributed by atoms with E-state index < -0.39 is 16.4 Å². The van der Waals surface area contributed by atoms with Crippen molar-refractivity contribution in [2.45, 2.75) is 13.3 Å². The molecule has 0 bridgehead atoms. The fraction of sp³-hybridized carbons (Fsp3) is 0.231. The van der Waals surface area contributed by atoms with Gasteiger partial charge in [0.1, 0.15) is 17.4 Å². The van der Waals surface area contributed by atoms with Crippen molar-refractivity contribution >= 4 is 11.5 Å². The molecular formula is C13H13FN4O3. The van der Waals surface area contributed by atoms with E-state index in [1.54, 1.807) is 13.1 Å². The van der Waals surface area contributed by atoms with Crippen LogP contribution < -0.4 is 10.1 Å². The molecule has 1 aromatic heterocycles. The van der Waals surface area contributed by atoms with Crippen LogP contribution in [0, 0.1) is 15.9 Å². The van der Waals surface area contributed by atoms with Gasteiger partial charge in [0.15, 0.2) is 0 Å². The first-order valence-electron chi connectivity index (χ1n) is 6.21. The number of ether oxygens (including phenoxy) is 1. The summed E-state index contributed by atoms with van der Waals surface area (Å²) in [5.74, 6) is 0.537. The number of nitro benzene ring substituents is 1. The van der Waals surface area contributed by atoms with E-state index in [-0.39, 0.29) is 11.6 Å². The number of nitrogens with zero attached hydrogens (tertiary/aromatic N) is 3. The zero-order valence-corrected chi connectivity index (χ0v) is 11.5. The molecule has 7 nitrogen and oxygen atoms in total. The largest absolute Gasteiger partial charge is 0.439 e. The molecule has 2 rings (SSSR count). The van der Waals surface area contributed by atoms with Crippen LogP contribution in [0.3, 0.4) is 0 Å². The highest BCUT2D eigenvalue weighted by Gasteiger charge is 2.15. The highest BCUT2D eigenvalue weighted by Crippen LogP contribution is 2.26. The van der Waals surface area contributed by atoms with Crippen LogP contribution in [0.4, 0.5) is 15.9 Å². The zero-order chi connectivity index (χ0) is 15.4. The Kier molecular flexibility index (Phi) is 4.27. The third kappa shape index (κ3) is 3.41. The molecule has 0 saturated heterocycles. The van der Waals surface area contributed by atoms with E-state index in [2.05, 4.69) is 15.3 Å². The SMILES string of the molecule is CCc1nc(NC)cc(Oc2ccc([N+](=O)[O-])c(F)c2)n1. The van der Waals surface area contributed by atoms with E-state index in [1.165, 1.54) is 6.07 Å². The minimum atomic E-state index is -0.962. The number of anilines is 1. The molecule has 0 aliphatic rings. The number of aryl methyl sites for hydroxylation is 1. The van der Waals surface area contributed by atoms with Crippen molar-refractivity contribution in [2.24, 2.45) is 0 Å². The van der Waals surface area contributed by atoms with Crippen LogP contribution in [0.1, 0.15) is 12.7 Å². The molecule has 0 aliphatic heterocycles. The topological polar surface area (TPSA) is 90.2 Å². The molecule has 0 atom stereocenters. The van der Waals surface area contributed by atoms with Gasteiger partial charge in [0.05, 0.1) is 4.92 Å². The van der Waals surface area contributed by atoms with Crippen molar-refractivity contribution in [2.75, 3.05) is 12.4 Å². The molecule has 0 fully saturated rings. The van der Waals surface area contributed by atoms with Crippen molar-refractivity contribution in [3.05, 3.63) is 46.0 Å². The van der Waals surface area contributed by atoms with E-state index in [4.69, 9.17) is 4.74 Å². The molecule has 0 saturated carbocycles. The maximum absolute atomic E-state index is 13.5. The van der Waals surface area contributed by atoms with Crippen LogP contribution in [0.5, 0.6) is 11.6 Å². The van der Waals surface area contributed by atoms with Gasteiger partial charge in [0.25, 0.3) is 0 Å². The first-order chi connectivity index (χ1) is 10.0. The van der Waals surface area contributed by atoms with Gasteiger partial charge >= 0.3 is 5.69 Å². The van der Waals surface area contributed by atoms with Gasteiger partial charge in [-0.25, -0.2) is 4.98 Å². The smallest absolute Gasteiger partial charge is 0.305 e. The van der Waals surface area contributed by atoms with Crippen molar-refractivity contribution in [1.29, 1.82) is 0 Å². The number of rotatable bonds is 5. The van der Waals surface area contributed by atoms with Gasteiger partial charge in [0, 0.05) is 31.7 Å². The van der Waals surface area contributed by atoms with Crippen LogP contribution in [-0.2, 0) is 6.42 Å². The van der Waals surface area contributed by atoms with Crippen LogP contribution in [-0.4, -0.2) is 21.9 Å². The van der Waals surface area contributed by atoms with Crippen molar-refractivity contribution in [1.82, 2.24) is 9.97 Å². The molecule has 1 aromatic carbocycles. The Labute approximate surface area is 120 Å². The number of nitro groups is 1. The first kappa shape index (κ1) is 14.6. The predicted octanol–water partition coefficient (Wildman–Crippen LogP) is 2.92. The standard InChI is InChI=1S/C13H13FN4O3/c1-3-11-16-12(15-2)7-13(17-11)21-8-4-5-10(18(19)20)9(14)6-8/h4-7H,3H2,1-2H3,(H,15,16,17). The molecular weight excluding hydrogens is 279 g/mol. The summed E-state index contributed by atoms with van der Waals surface area (Å²) in [6.45, 7) is 1.89. The summed E-state index contributed by atoms with van der Waals surface area (Å²) in [5, 5.41) is 13.4. The van der Waals surface area contributed by atoms with Crippen LogP contribution in [0.25, 0.3) is 0 Å². The average molecular weight is 292 g/mol. The van der Waals surface area contributed by atoms with Crippen molar-refractivity contribution < 1.29 is 14.1 Å². The molecule has 8 heteroatoms. The van der Waals surface area contributed by atoms with Crippen molar-refractivity contribution in [3.63, 3.8) is 0 Å². The van der Waals surface area contributed by atoms with E-state index in [0.717, 1.165) is 12.1 Å². The number of benzene rings is 1. The van der Waals surface area contributed by atoms with Crippen LogP contribution in [0.15, 0.2) is 24.3 Å². The Morgan fingerprint density at radius 3 is 2.71 bits per heavy atom. The van der Waals surface area contributed by atoms with E-state index >= 15 is 0 Å². The van der Waals surface area contributed by atoms with Crippen LogP contribution >= 0.6 is 0 Å². The molecule has 21 heavy (non-hydrogen) atoms. The predicted molar refractivity (Wildman–Crippen MR) is 74.1 cm³/mol. The molecule has 2 aromatic rings. The Bertz CT molecular complexity index is 656. The normalized spacial score (nSPS) is 10.2. The summed E-state index contributed by atoms with van der Waals surface area (Å²) >= 11 is 0. The maximum Gasteiger partial charge on any atom is 0.305 e. The Balaban J connectivity index is 2.29. The highest BCUT2D eigenvalue weighted by molar-refractivity contribution is 5.42.